The van der Waals surface area contributed by atoms with Crippen molar-refractivity contribution < 1.29 is 23.9 Å². The normalized spacial score (nSPS) is 16.5. The summed E-state index contributed by atoms with van der Waals surface area (Å²) < 4.78 is 11.1. The minimum absolute atomic E-state index is 0.177. The molecule has 0 aromatic heterocycles. The molecule has 0 saturated carbocycles. The van der Waals surface area contributed by atoms with Crippen molar-refractivity contribution in [1.29, 1.82) is 0 Å². The van der Waals surface area contributed by atoms with E-state index >= 15 is 0 Å². The molecule has 2 heterocycles. The highest BCUT2D eigenvalue weighted by Crippen LogP contribution is 2.56. The van der Waals surface area contributed by atoms with E-state index in [1.54, 1.807) is 30.9 Å². The monoisotopic (exact) mass is 579 g/mol. The van der Waals surface area contributed by atoms with Crippen molar-refractivity contribution in [2.45, 2.75) is 40.2 Å². The van der Waals surface area contributed by atoms with Crippen LogP contribution in [0.25, 0.3) is 11.6 Å². The maximum atomic E-state index is 13.7. The third-order valence-corrected chi connectivity index (χ3v) is 9.43. The summed E-state index contributed by atoms with van der Waals surface area (Å²) in [6, 6.07) is 15.5. The van der Waals surface area contributed by atoms with Gasteiger partial charge in [0.1, 0.15) is 9.81 Å². The first-order valence-corrected chi connectivity index (χ1v) is 14.6. The highest BCUT2D eigenvalue weighted by molar-refractivity contribution is 8.29. The quantitative estimate of drug-likeness (QED) is 0.213. The van der Waals surface area contributed by atoms with Crippen LogP contribution in [-0.4, -0.2) is 41.5 Å². The molecule has 1 amide bonds. The van der Waals surface area contributed by atoms with Crippen molar-refractivity contribution in [3.8, 4) is 0 Å². The molecular weight excluding hydrogens is 551 g/mol. The second-order valence-electron chi connectivity index (χ2n) is 9.29. The molecule has 0 N–H and O–H groups in total. The molecule has 2 aliphatic rings. The average Bonchev–Trinajstić information content (AvgIpc) is 3.34. The van der Waals surface area contributed by atoms with Crippen molar-refractivity contribution in [2.24, 2.45) is 0 Å². The number of hydrogen-bond donors (Lipinski definition) is 0. The number of thiocarbonyl (C=S) groups is 1. The Morgan fingerprint density at radius 2 is 1.54 bits per heavy atom. The molecule has 4 rings (SSSR count). The fraction of sp³-hybridized carbons (Fsp3) is 0.267. The number of esters is 2. The van der Waals surface area contributed by atoms with E-state index in [1.807, 2.05) is 69.3 Å². The number of carbonyl (C=O) groups excluding carboxylic acids is 3. The van der Waals surface area contributed by atoms with Crippen LogP contribution in [0, 0.1) is 6.92 Å². The average molecular weight is 580 g/mol. The van der Waals surface area contributed by atoms with Gasteiger partial charge in [0.05, 0.1) is 33.5 Å². The van der Waals surface area contributed by atoms with Crippen molar-refractivity contribution in [1.82, 2.24) is 0 Å². The van der Waals surface area contributed by atoms with Crippen molar-refractivity contribution in [3.63, 3.8) is 0 Å². The standard InChI is InChI=1S/C30H29NO5S3/c1-6-35-27(33)24-25(28(34)36-7-2)39-29(38-24)23-20-15-13-18(3)17-21(20)31(30(4,5)26(23)37)22(32)16-14-19-11-9-8-10-12-19/h8-17H,6-7H2,1-5H3/b16-14+. The smallest absolute Gasteiger partial charge is 0.346 e. The van der Waals surface area contributed by atoms with Gasteiger partial charge in [0, 0.05) is 17.2 Å². The molecule has 9 heteroatoms. The lowest BCUT2D eigenvalue weighted by molar-refractivity contribution is -0.140. The Morgan fingerprint density at radius 1 is 0.949 bits per heavy atom. The molecule has 0 fully saturated rings. The largest absolute Gasteiger partial charge is 0.462 e. The Labute approximate surface area is 242 Å². The maximum absolute atomic E-state index is 13.7. The summed E-state index contributed by atoms with van der Waals surface area (Å²) in [5.41, 5.74) is 3.21. The number of fused-ring (bicyclic) bond motifs is 1. The molecule has 2 aliphatic heterocycles. The Morgan fingerprint density at radius 3 is 2.10 bits per heavy atom. The highest BCUT2D eigenvalue weighted by Gasteiger charge is 2.45. The van der Waals surface area contributed by atoms with E-state index in [0.717, 1.165) is 45.8 Å². The number of benzene rings is 2. The zero-order valence-corrected chi connectivity index (χ0v) is 24.9. The van der Waals surface area contributed by atoms with E-state index in [1.165, 1.54) is 0 Å². The SMILES string of the molecule is CCOC(=O)C1=C(C(=O)OCC)SC(=C2C(=S)C(C)(C)N(C(=O)/C=C/c3ccccc3)c3cc(C)ccc32)S1. The van der Waals surface area contributed by atoms with E-state index < -0.39 is 17.5 Å². The third-order valence-electron chi connectivity index (χ3n) is 6.17. The van der Waals surface area contributed by atoms with Crippen LogP contribution in [0.2, 0.25) is 0 Å². The molecule has 0 saturated heterocycles. The molecule has 0 unspecified atom stereocenters. The van der Waals surface area contributed by atoms with E-state index in [-0.39, 0.29) is 28.9 Å². The fourth-order valence-electron chi connectivity index (χ4n) is 4.34. The van der Waals surface area contributed by atoms with Crippen LogP contribution in [0.5, 0.6) is 0 Å². The van der Waals surface area contributed by atoms with Gasteiger partial charge in [0.2, 0.25) is 0 Å². The number of aryl methyl sites for hydroxylation is 1. The minimum atomic E-state index is -0.880. The number of amides is 1. The second kappa shape index (κ2) is 11.9. The summed E-state index contributed by atoms with van der Waals surface area (Å²) in [6.45, 7) is 9.56. The molecule has 0 spiro atoms. The first-order chi connectivity index (χ1) is 18.6. The predicted molar refractivity (Wildman–Crippen MR) is 163 cm³/mol. The number of hydrogen-bond acceptors (Lipinski definition) is 8. The number of rotatable bonds is 6. The summed E-state index contributed by atoms with van der Waals surface area (Å²) in [5, 5.41) is 0. The van der Waals surface area contributed by atoms with E-state index in [9.17, 15) is 14.4 Å². The zero-order chi connectivity index (χ0) is 28.3. The molecule has 0 atom stereocenters. The van der Waals surface area contributed by atoms with Gasteiger partial charge in [0.25, 0.3) is 5.91 Å². The third kappa shape index (κ3) is 5.76. The topological polar surface area (TPSA) is 72.9 Å². The Hall–Kier alpha value is -3.14. The van der Waals surface area contributed by atoms with Crippen LogP contribution < -0.4 is 4.90 Å². The van der Waals surface area contributed by atoms with Crippen molar-refractivity contribution in [2.75, 3.05) is 18.1 Å². The van der Waals surface area contributed by atoms with E-state index in [2.05, 4.69) is 0 Å². The van der Waals surface area contributed by atoms with Crippen LogP contribution in [0.15, 0.2) is 68.7 Å². The van der Waals surface area contributed by atoms with Gasteiger partial charge in [-0.15, -0.1) is 0 Å². The zero-order valence-electron chi connectivity index (χ0n) is 22.4. The molecular formula is C30H29NO5S3. The van der Waals surface area contributed by atoms with Crippen molar-refractivity contribution >= 4 is 75.8 Å². The van der Waals surface area contributed by atoms with Crippen molar-refractivity contribution in [3.05, 3.63) is 85.3 Å². The van der Waals surface area contributed by atoms with Gasteiger partial charge in [-0.2, -0.15) is 0 Å². The molecule has 39 heavy (non-hydrogen) atoms. The highest BCUT2D eigenvalue weighted by atomic mass is 32.2. The van der Waals surface area contributed by atoms with Crippen LogP contribution in [0.4, 0.5) is 5.69 Å². The summed E-state index contributed by atoms with van der Waals surface area (Å²) in [5.74, 6) is -1.37. The number of anilines is 1. The predicted octanol–water partition coefficient (Wildman–Crippen LogP) is 6.69. The van der Waals surface area contributed by atoms with Crippen LogP contribution in [-0.2, 0) is 23.9 Å². The van der Waals surface area contributed by atoms with Gasteiger partial charge in [0.15, 0.2) is 0 Å². The summed E-state index contributed by atoms with van der Waals surface area (Å²) in [7, 11) is 0. The molecule has 6 nitrogen and oxygen atoms in total. The summed E-state index contributed by atoms with van der Waals surface area (Å²) >= 11 is 8.36. The maximum Gasteiger partial charge on any atom is 0.346 e. The molecule has 0 radical (unpaired) electrons. The van der Waals surface area contributed by atoms with Crippen LogP contribution in [0.1, 0.15) is 44.4 Å². The summed E-state index contributed by atoms with van der Waals surface area (Å²) in [4.78, 5) is 41.9. The van der Waals surface area contributed by atoms with Gasteiger partial charge < -0.3 is 9.47 Å². The van der Waals surface area contributed by atoms with Gasteiger partial charge in [-0.1, -0.05) is 78.2 Å². The molecule has 0 aliphatic carbocycles. The lowest BCUT2D eigenvalue weighted by Gasteiger charge is -2.45. The molecule has 2 aromatic carbocycles. The number of nitrogens with zero attached hydrogens (tertiary/aromatic N) is 1. The first kappa shape index (κ1) is 28.9. The van der Waals surface area contributed by atoms with Gasteiger partial charge in [-0.25, -0.2) is 9.59 Å². The number of ether oxygens (including phenoxy) is 2. The lowest BCUT2D eigenvalue weighted by Crippen LogP contribution is -2.55. The fourth-order valence-corrected chi connectivity index (χ4v) is 7.32. The molecule has 0 bridgehead atoms. The number of thioether (sulfide) groups is 2. The molecule has 2 aromatic rings. The Balaban J connectivity index is 1.83. The van der Waals surface area contributed by atoms with Crippen LogP contribution in [0.3, 0.4) is 0 Å². The van der Waals surface area contributed by atoms with Gasteiger partial charge in [-0.3, -0.25) is 9.69 Å². The Bertz CT molecular complexity index is 1410. The minimum Gasteiger partial charge on any atom is -0.462 e. The second-order valence-corrected chi connectivity index (χ2v) is 12.0. The van der Waals surface area contributed by atoms with Gasteiger partial charge in [-0.05, 0) is 57.9 Å². The van der Waals surface area contributed by atoms with Crippen LogP contribution >= 0.6 is 35.7 Å². The van der Waals surface area contributed by atoms with E-state index in [0.29, 0.717) is 14.8 Å². The first-order valence-electron chi connectivity index (χ1n) is 12.5. The number of carbonyl (C=O) groups is 3. The lowest BCUT2D eigenvalue weighted by atomic mass is 9.83. The summed E-state index contributed by atoms with van der Waals surface area (Å²) in [6.07, 6.45) is 3.34. The molecule has 202 valence electrons. The van der Waals surface area contributed by atoms with Gasteiger partial charge >= 0.3 is 11.9 Å². The van der Waals surface area contributed by atoms with E-state index in [4.69, 9.17) is 21.7 Å². The Kier molecular flexibility index (Phi) is 8.83.